The van der Waals surface area contributed by atoms with Crippen molar-refractivity contribution in [1.82, 2.24) is 4.90 Å². The standard InChI is InChI=1S/C14H18N2O/c1-16-9-3-4-13(14(16)10-15)11-5-7-12(17-2)8-6-11/h5-8,13-14H,3-4,9H2,1-2H3/t13-,14+/m1/s1. The van der Waals surface area contributed by atoms with Crippen LogP contribution in [0.5, 0.6) is 5.75 Å². The van der Waals surface area contributed by atoms with Crippen LogP contribution in [0.4, 0.5) is 0 Å². The van der Waals surface area contributed by atoms with Gasteiger partial charge in [-0.25, -0.2) is 0 Å². The molecule has 1 aliphatic rings. The molecule has 90 valence electrons. The number of ether oxygens (including phenoxy) is 1. The summed E-state index contributed by atoms with van der Waals surface area (Å²) in [6, 6.07) is 10.5. The Morgan fingerprint density at radius 2 is 2.06 bits per heavy atom. The molecule has 0 amide bonds. The molecule has 0 spiro atoms. The summed E-state index contributed by atoms with van der Waals surface area (Å²) in [6.45, 7) is 1.02. The number of nitriles is 1. The normalized spacial score (nSPS) is 25.2. The van der Waals surface area contributed by atoms with Gasteiger partial charge in [-0.3, -0.25) is 4.90 Å². The first-order valence-corrected chi connectivity index (χ1v) is 6.00. The number of nitrogens with zero attached hydrogens (tertiary/aromatic N) is 2. The van der Waals surface area contributed by atoms with E-state index in [0.717, 1.165) is 25.1 Å². The van der Waals surface area contributed by atoms with E-state index in [1.54, 1.807) is 7.11 Å². The van der Waals surface area contributed by atoms with Gasteiger partial charge in [0.2, 0.25) is 0 Å². The van der Waals surface area contributed by atoms with Crippen molar-refractivity contribution in [1.29, 1.82) is 5.26 Å². The van der Waals surface area contributed by atoms with Gasteiger partial charge in [0, 0.05) is 5.92 Å². The van der Waals surface area contributed by atoms with Crippen molar-refractivity contribution in [3.63, 3.8) is 0 Å². The van der Waals surface area contributed by atoms with Crippen LogP contribution in [-0.2, 0) is 0 Å². The van der Waals surface area contributed by atoms with Crippen LogP contribution in [0.2, 0.25) is 0 Å². The van der Waals surface area contributed by atoms with E-state index in [2.05, 4.69) is 23.1 Å². The number of rotatable bonds is 2. The molecule has 1 fully saturated rings. The summed E-state index contributed by atoms with van der Waals surface area (Å²) >= 11 is 0. The minimum atomic E-state index is -0.00264. The molecule has 1 saturated heterocycles. The second-order valence-corrected chi connectivity index (χ2v) is 4.58. The van der Waals surface area contributed by atoms with Crippen LogP contribution in [0.15, 0.2) is 24.3 Å². The molecule has 1 heterocycles. The van der Waals surface area contributed by atoms with Gasteiger partial charge in [-0.15, -0.1) is 0 Å². The molecule has 0 unspecified atom stereocenters. The maximum atomic E-state index is 9.28. The summed E-state index contributed by atoms with van der Waals surface area (Å²) in [4.78, 5) is 2.15. The number of methoxy groups -OCH3 is 1. The van der Waals surface area contributed by atoms with Crippen LogP contribution in [0.1, 0.15) is 24.3 Å². The van der Waals surface area contributed by atoms with Gasteiger partial charge in [-0.1, -0.05) is 12.1 Å². The molecule has 17 heavy (non-hydrogen) atoms. The van der Waals surface area contributed by atoms with Crippen molar-refractivity contribution < 1.29 is 4.74 Å². The van der Waals surface area contributed by atoms with Crippen LogP contribution < -0.4 is 4.74 Å². The van der Waals surface area contributed by atoms with Crippen molar-refractivity contribution in [2.45, 2.75) is 24.8 Å². The van der Waals surface area contributed by atoms with E-state index < -0.39 is 0 Å². The first kappa shape index (κ1) is 11.9. The summed E-state index contributed by atoms with van der Waals surface area (Å²) in [5.74, 6) is 1.19. The van der Waals surface area contributed by atoms with Crippen LogP contribution in [-0.4, -0.2) is 31.6 Å². The van der Waals surface area contributed by atoms with Crippen LogP contribution in [0.3, 0.4) is 0 Å². The van der Waals surface area contributed by atoms with E-state index >= 15 is 0 Å². The number of piperidine rings is 1. The van der Waals surface area contributed by atoms with Gasteiger partial charge < -0.3 is 4.74 Å². The largest absolute Gasteiger partial charge is 0.497 e. The van der Waals surface area contributed by atoms with Crippen LogP contribution >= 0.6 is 0 Å². The lowest BCUT2D eigenvalue weighted by Crippen LogP contribution is -2.40. The molecule has 0 radical (unpaired) electrons. The molecule has 3 nitrogen and oxygen atoms in total. The fourth-order valence-corrected chi connectivity index (χ4v) is 2.55. The monoisotopic (exact) mass is 230 g/mol. The number of hydrogen-bond donors (Lipinski definition) is 0. The summed E-state index contributed by atoms with van der Waals surface area (Å²) < 4.78 is 5.16. The van der Waals surface area contributed by atoms with E-state index in [-0.39, 0.29) is 6.04 Å². The number of likely N-dealkylation sites (tertiary alicyclic amines) is 1. The molecule has 0 aliphatic carbocycles. The van der Waals surface area contributed by atoms with Gasteiger partial charge in [0.05, 0.1) is 13.2 Å². The maximum absolute atomic E-state index is 9.28. The molecule has 2 atom stereocenters. The van der Waals surface area contributed by atoms with Gasteiger partial charge in [-0.2, -0.15) is 5.26 Å². The van der Waals surface area contributed by atoms with Crippen molar-refractivity contribution >= 4 is 0 Å². The van der Waals surface area contributed by atoms with Crippen molar-refractivity contribution in [3.05, 3.63) is 29.8 Å². The summed E-state index contributed by atoms with van der Waals surface area (Å²) in [7, 11) is 3.70. The molecule has 2 rings (SSSR count). The van der Waals surface area contributed by atoms with Crippen molar-refractivity contribution in [2.24, 2.45) is 0 Å². The van der Waals surface area contributed by atoms with E-state index in [0.29, 0.717) is 5.92 Å². The lowest BCUT2D eigenvalue weighted by atomic mass is 9.84. The molecule has 0 N–H and O–H groups in total. The average molecular weight is 230 g/mol. The van der Waals surface area contributed by atoms with Crippen LogP contribution in [0.25, 0.3) is 0 Å². The average Bonchev–Trinajstić information content (AvgIpc) is 2.38. The third kappa shape index (κ3) is 2.42. The third-order valence-electron chi connectivity index (χ3n) is 3.56. The van der Waals surface area contributed by atoms with Gasteiger partial charge in [0.25, 0.3) is 0 Å². The predicted molar refractivity (Wildman–Crippen MR) is 67.0 cm³/mol. The molecular formula is C14H18N2O. The van der Waals surface area contributed by atoms with Gasteiger partial charge in [-0.05, 0) is 44.1 Å². The molecule has 0 aromatic heterocycles. The Hall–Kier alpha value is -1.53. The van der Waals surface area contributed by atoms with Gasteiger partial charge in [0.15, 0.2) is 0 Å². The zero-order chi connectivity index (χ0) is 12.3. The lowest BCUT2D eigenvalue weighted by molar-refractivity contribution is 0.201. The Bertz CT molecular complexity index is 407. The quantitative estimate of drug-likeness (QED) is 0.782. The highest BCUT2D eigenvalue weighted by atomic mass is 16.5. The minimum absolute atomic E-state index is 0.00264. The first-order valence-electron chi connectivity index (χ1n) is 6.00. The Kier molecular flexibility index (Phi) is 3.65. The number of likely N-dealkylation sites (N-methyl/N-ethyl adjacent to an activating group) is 1. The first-order chi connectivity index (χ1) is 8.26. The molecule has 1 aromatic carbocycles. The summed E-state index contributed by atoms with van der Waals surface area (Å²) in [5.41, 5.74) is 1.24. The van der Waals surface area contributed by atoms with E-state index in [1.165, 1.54) is 5.56 Å². The number of benzene rings is 1. The third-order valence-corrected chi connectivity index (χ3v) is 3.56. The highest BCUT2D eigenvalue weighted by Crippen LogP contribution is 2.32. The van der Waals surface area contributed by atoms with E-state index in [9.17, 15) is 5.26 Å². The van der Waals surface area contributed by atoms with Crippen molar-refractivity contribution in [3.8, 4) is 11.8 Å². The highest BCUT2D eigenvalue weighted by molar-refractivity contribution is 5.31. The molecule has 0 bridgehead atoms. The predicted octanol–water partition coefficient (Wildman–Crippen LogP) is 2.40. The molecule has 0 saturated carbocycles. The Morgan fingerprint density at radius 1 is 1.35 bits per heavy atom. The fourth-order valence-electron chi connectivity index (χ4n) is 2.55. The van der Waals surface area contributed by atoms with Gasteiger partial charge >= 0.3 is 0 Å². The number of hydrogen-bond acceptors (Lipinski definition) is 3. The minimum Gasteiger partial charge on any atom is -0.497 e. The van der Waals surface area contributed by atoms with Crippen molar-refractivity contribution in [2.75, 3.05) is 20.7 Å². The summed E-state index contributed by atoms with van der Waals surface area (Å²) in [6.07, 6.45) is 2.25. The lowest BCUT2D eigenvalue weighted by Gasteiger charge is -2.35. The molecular weight excluding hydrogens is 212 g/mol. The van der Waals surface area contributed by atoms with E-state index in [4.69, 9.17) is 4.74 Å². The molecule has 3 heteroatoms. The van der Waals surface area contributed by atoms with Crippen LogP contribution in [0, 0.1) is 11.3 Å². The second-order valence-electron chi connectivity index (χ2n) is 4.58. The highest BCUT2D eigenvalue weighted by Gasteiger charge is 2.30. The fraction of sp³-hybridized carbons (Fsp3) is 0.500. The van der Waals surface area contributed by atoms with Gasteiger partial charge in [0.1, 0.15) is 11.8 Å². The zero-order valence-corrected chi connectivity index (χ0v) is 10.4. The zero-order valence-electron chi connectivity index (χ0n) is 10.4. The Morgan fingerprint density at radius 3 is 2.65 bits per heavy atom. The Balaban J connectivity index is 2.22. The topological polar surface area (TPSA) is 36.3 Å². The smallest absolute Gasteiger partial charge is 0.118 e. The summed E-state index contributed by atoms with van der Waals surface area (Å²) in [5, 5.41) is 9.28. The SMILES string of the molecule is COc1ccc([C@H]2CCCN(C)[C@H]2C#N)cc1. The maximum Gasteiger partial charge on any atom is 0.118 e. The molecule has 1 aliphatic heterocycles. The Labute approximate surface area is 103 Å². The second kappa shape index (κ2) is 5.20. The van der Waals surface area contributed by atoms with E-state index in [1.807, 2.05) is 19.2 Å². The molecule has 1 aromatic rings.